The quantitative estimate of drug-likeness (QED) is 0.814. The van der Waals surface area contributed by atoms with Crippen LogP contribution in [0.4, 0.5) is 0 Å². The molecule has 3 heteroatoms. The Morgan fingerprint density at radius 1 is 1.36 bits per heavy atom. The largest absolute Gasteiger partial charge is 0.356 e. The van der Waals surface area contributed by atoms with Crippen LogP contribution in [-0.2, 0) is 11.2 Å². The van der Waals surface area contributed by atoms with Gasteiger partial charge in [-0.1, -0.05) is 30.7 Å². The molecule has 1 aromatic rings. The molecule has 0 saturated carbocycles. The van der Waals surface area contributed by atoms with Gasteiger partial charge in [0.05, 0.1) is 6.42 Å². The highest BCUT2D eigenvalue weighted by Crippen LogP contribution is 2.09. The Labute approximate surface area is 89.3 Å². The van der Waals surface area contributed by atoms with E-state index in [0.29, 0.717) is 11.4 Å². The normalized spacial score (nSPS) is 9.86. The first kappa shape index (κ1) is 11.1. The number of carbonyl (C=O) groups is 1. The van der Waals surface area contributed by atoms with Crippen molar-refractivity contribution in [2.24, 2.45) is 0 Å². The van der Waals surface area contributed by atoms with Crippen molar-refractivity contribution in [3.63, 3.8) is 0 Å². The third-order valence-corrected chi connectivity index (χ3v) is 2.10. The van der Waals surface area contributed by atoms with Crippen LogP contribution in [0.2, 0.25) is 5.02 Å². The van der Waals surface area contributed by atoms with E-state index in [1.54, 1.807) is 12.1 Å². The molecule has 1 N–H and O–H groups in total. The number of benzene rings is 1. The maximum Gasteiger partial charge on any atom is 0.224 e. The summed E-state index contributed by atoms with van der Waals surface area (Å²) in [4.78, 5) is 11.3. The first-order valence-corrected chi connectivity index (χ1v) is 5.11. The van der Waals surface area contributed by atoms with Crippen molar-refractivity contribution >= 4 is 17.5 Å². The maximum atomic E-state index is 11.3. The lowest BCUT2D eigenvalue weighted by molar-refractivity contribution is -0.120. The van der Waals surface area contributed by atoms with E-state index in [9.17, 15) is 4.79 Å². The lowest BCUT2D eigenvalue weighted by atomic mass is 10.1. The summed E-state index contributed by atoms with van der Waals surface area (Å²) in [5, 5.41) is 3.52. The average molecular weight is 212 g/mol. The van der Waals surface area contributed by atoms with E-state index in [-0.39, 0.29) is 5.91 Å². The Kier molecular flexibility index (Phi) is 4.47. The monoisotopic (exact) mass is 211 g/mol. The summed E-state index contributed by atoms with van der Waals surface area (Å²) in [6, 6.07) is 7.33. The molecule has 14 heavy (non-hydrogen) atoms. The molecule has 2 nitrogen and oxygen atoms in total. The molecule has 0 aromatic heterocycles. The van der Waals surface area contributed by atoms with Gasteiger partial charge in [-0.2, -0.15) is 0 Å². The number of nitrogens with one attached hydrogen (secondary N) is 1. The van der Waals surface area contributed by atoms with Gasteiger partial charge in [0.15, 0.2) is 0 Å². The van der Waals surface area contributed by atoms with Gasteiger partial charge < -0.3 is 5.32 Å². The first-order chi connectivity index (χ1) is 6.72. The predicted octanol–water partition coefficient (Wildman–Crippen LogP) is 2.41. The summed E-state index contributed by atoms with van der Waals surface area (Å²) in [5.74, 6) is 0.0640. The summed E-state index contributed by atoms with van der Waals surface area (Å²) >= 11 is 5.73. The van der Waals surface area contributed by atoms with Crippen molar-refractivity contribution in [1.82, 2.24) is 5.32 Å². The van der Waals surface area contributed by atoms with Crippen molar-refractivity contribution in [3.05, 3.63) is 34.9 Å². The molecule has 1 amide bonds. The van der Waals surface area contributed by atoms with Crippen molar-refractivity contribution < 1.29 is 4.79 Å². The van der Waals surface area contributed by atoms with Crippen LogP contribution in [0.3, 0.4) is 0 Å². The first-order valence-electron chi connectivity index (χ1n) is 4.73. The van der Waals surface area contributed by atoms with Crippen molar-refractivity contribution in [3.8, 4) is 0 Å². The van der Waals surface area contributed by atoms with Gasteiger partial charge in [-0.3, -0.25) is 4.79 Å². The molecule has 0 unspecified atom stereocenters. The zero-order valence-electron chi connectivity index (χ0n) is 8.22. The van der Waals surface area contributed by atoms with Crippen LogP contribution < -0.4 is 5.32 Å². The van der Waals surface area contributed by atoms with Crippen LogP contribution in [0, 0.1) is 0 Å². The lowest BCUT2D eigenvalue weighted by Crippen LogP contribution is -2.25. The minimum absolute atomic E-state index is 0.0640. The third kappa shape index (κ3) is 3.79. The van der Waals surface area contributed by atoms with Crippen LogP contribution in [0.25, 0.3) is 0 Å². The van der Waals surface area contributed by atoms with E-state index in [2.05, 4.69) is 5.32 Å². The van der Waals surface area contributed by atoms with Crippen LogP contribution in [0.15, 0.2) is 24.3 Å². The smallest absolute Gasteiger partial charge is 0.224 e. The highest BCUT2D eigenvalue weighted by molar-refractivity contribution is 6.30. The Morgan fingerprint density at radius 2 is 2.00 bits per heavy atom. The van der Waals surface area contributed by atoms with Gasteiger partial charge in [-0.05, 0) is 24.1 Å². The summed E-state index contributed by atoms with van der Waals surface area (Å²) in [6.45, 7) is 2.77. The molecule has 0 aliphatic heterocycles. The predicted molar refractivity (Wildman–Crippen MR) is 58.5 cm³/mol. The maximum absolute atomic E-state index is 11.3. The van der Waals surface area contributed by atoms with Gasteiger partial charge in [0.2, 0.25) is 5.91 Å². The highest BCUT2D eigenvalue weighted by atomic mass is 35.5. The summed E-state index contributed by atoms with van der Waals surface area (Å²) in [6.07, 6.45) is 1.39. The average Bonchev–Trinajstić information content (AvgIpc) is 2.18. The van der Waals surface area contributed by atoms with Crippen LogP contribution in [0.5, 0.6) is 0 Å². The van der Waals surface area contributed by atoms with E-state index in [1.165, 1.54) is 0 Å². The van der Waals surface area contributed by atoms with Gasteiger partial charge in [0.25, 0.3) is 0 Å². The molecular formula is C11H14ClNO. The number of halogens is 1. The summed E-state index contributed by atoms with van der Waals surface area (Å²) in [7, 11) is 0. The summed E-state index contributed by atoms with van der Waals surface area (Å²) < 4.78 is 0. The molecule has 1 aromatic carbocycles. The molecule has 0 radical (unpaired) electrons. The minimum atomic E-state index is 0.0640. The number of carbonyl (C=O) groups excluding carboxylic acids is 1. The Hall–Kier alpha value is -1.02. The Balaban J connectivity index is 2.44. The fraction of sp³-hybridized carbons (Fsp3) is 0.364. The second kappa shape index (κ2) is 5.66. The van der Waals surface area contributed by atoms with Gasteiger partial charge in [-0.15, -0.1) is 0 Å². The van der Waals surface area contributed by atoms with Crippen molar-refractivity contribution in [1.29, 1.82) is 0 Å². The number of rotatable bonds is 4. The van der Waals surface area contributed by atoms with E-state index in [0.717, 1.165) is 18.5 Å². The molecule has 0 heterocycles. The zero-order chi connectivity index (χ0) is 10.4. The number of amides is 1. The van der Waals surface area contributed by atoms with Gasteiger partial charge >= 0.3 is 0 Å². The molecule has 0 aliphatic rings. The molecule has 0 atom stereocenters. The molecule has 0 fully saturated rings. The van der Waals surface area contributed by atoms with Crippen molar-refractivity contribution in [2.45, 2.75) is 19.8 Å². The molecule has 0 bridgehead atoms. The fourth-order valence-corrected chi connectivity index (χ4v) is 1.24. The molecule has 0 spiro atoms. The van der Waals surface area contributed by atoms with E-state index >= 15 is 0 Å². The molecule has 76 valence electrons. The SMILES string of the molecule is CCCNC(=O)Cc1ccc(Cl)cc1. The topological polar surface area (TPSA) is 29.1 Å². The molecular weight excluding hydrogens is 198 g/mol. The second-order valence-corrected chi connectivity index (χ2v) is 3.59. The zero-order valence-corrected chi connectivity index (χ0v) is 8.97. The van der Waals surface area contributed by atoms with E-state index in [4.69, 9.17) is 11.6 Å². The van der Waals surface area contributed by atoms with E-state index < -0.39 is 0 Å². The van der Waals surface area contributed by atoms with Gasteiger partial charge in [0.1, 0.15) is 0 Å². The van der Waals surface area contributed by atoms with Gasteiger partial charge in [-0.25, -0.2) is 0 Å². The highest BCUT2D eigenvalue weighted by Gasteiger charge is 2.01. The minimum Gasteiger partial charge on any atom is -0.356 e. The van der Waals surface area contributed by atoms with Crippen molar-refractivity contribution in [2.75, 3.05) is 6.54 Å². The van der Waals surface area contributed by atoms with Crippen LogP contribution in [0.1, 0.15) is 18.9 Å². The van der Waals surface area contributed by atoms with Gasteiger partial charge in [0, 0.05) is 11.6 Å². The molecule has 0 saturated heterocycles. The van der Waals surface area contributed by atoms with Crippen LogP contribution in [-0.4, -0.2) is 12.5 Å². The standard InChI is InChI=1S/C11H14ClNO/c1-2-7-13-11(14)8-9-3-5-10(12)6-4-9/h3-6H,2,7-8H2,1H3,(H,13,14). The Morgan fingerprint density at radius 3 is 2.57 bits per heavy atom. The van der Waals surface area contributed by atoms with Crippen LogP contribution >= 0.6 is 11.6 Å². The lowest BCUT2D eigenvalue weighted by Gasteiger charge is -2.03. The number of hydrogen-bond donors (Lipinski definition) is 1. The molecule has 1 rings (SSSR count). The summed E-state index contributed by atoms with van der Waals surface area (Å²) in [5.41, 5.74) is 0.989. The second-order valence-electron chi connectivity index (χ2n) is 3.15. The van der Waals surface area contributed by atoms with E-state index in [1.807, 2.05) is 19.1 Å². The third-order valence-electron chi connectivity index (χ3n) is 1.85. The number of hydrogen-bond acceptors (Lipinski definition) is 1. The fourth-order valence-electron chi connectivity index (χ4n) is 1.11. The Bertz CT molecular complexity index is 295. The molecule has 0 aliphatic carbocycles.